The molecular weight excluding hydrogens is 368 g/mol. The van der Waals surface area contributed by atoms with E-state index >= 15 is 0 Å². The van der Waals surface area contributed by atoms with E-state index in [-0.39, 0.29) is 17.9 Å². The van der Waals surface area contributed by atoms with E-state index in [9.17, 15) is 9.59 Å². The Hall–Kier alpha value is -2.77. The van der Waals surface area contributed by atoms with Crippen molar-refractivity contribution in [2.75, 3.05) is 19.6 Å². The molecule has 2 saturated heterocycles. The SMILES string of the molecule is Cc1cccc(C(=O)N2CCC(C3CCCCN3C(=O)CCn3cnnn3)C2)c1. The van der Waals surface area contributed by atoms with Gasteiger partial charge < -0.3 is 9.80 Å². The lowest BCUT2D eigenvalue weighted by atomic mass is 9.89. The Morgan fingerprint density at radius 1 is 1.17 bits per heavy atom. The molecule has 154 valence electrons. The zero-order valence-corrected chi connectivity index (χ0v) is 16.9. The van der Waals surface area contributed by atoms with Gasteiger partial charge in [0.1, 0.15) is 6.33 Å². The lowest BCUT2D eigenvalue weighted by molar-refractivity contribution is -0.136. The minimum Gasteiger partial charge on any atom is -0.339 e. The summed E-state index contributed by atoms with van der Waals surface area (Å²) < 4.78 is 1.59. The van der Waals surface area contributed by atoms with Gasteiger partial charge in [0.05, 0.1) is 6.54 Å². The first-order valence-electron chi connectivity index (χ1n) is 10.5. The van der Waals surface area contributed by atoms with E-state index in [1.165, 1.54) is 6.33 Å². The van der Waals surface area contributed by atoms with E-state index in [4.69, 9.17) is 0 Å². The Morgan fingerprint density at radius 2 is 2.07 bits per heavy atom. The number of hydrogen-bond donors (Lipinski definition) is 0. The molecule has 2 aliphatic heterocycles. The summed E-state index contributed by atoms with van der Waals surface area (Å²) in [4.78, 5) is 29.8. The molecule has 0 N–H and O–H groups in total. The van der Waals surface area contributed by atoms with Crippen molar-refractivity contribution in [3.63, 3.8) is 0 Å². The van der Waals surface area contributed by atoms with Crippen molar-refractivity contribution < 1.29 is 9.59 Å². The summed E-state index contributed by atoms with van der Waals surface area (Å²) in [6.07, 6.45) is 6.11. The van der Waals surface area contributed by atoms with Gasteiger partial charge in [-0.05, 0) is 61.1 Å². The molecule has 0 radical (unpaired) electrons. The van der Waals surface area contributed by atoms with E-state index < -0.39 is 0 Å². The third-order valence-electron chi connectivity index (χ3n) is 6.14. The Kier molecular flexibility index (Phi) is 5.87. The predicted molar refractivity (Wildman–Crippen MR) is 107 cm³/mol. The van der Waals surface area contributed by atoms with Gasteiger partial charge in [0.15, 0.2) is 0 Å². The highest BCUT2D eigenvalue weighted by Gasteiger charge is 2.37. The van der Waals surface area contributed by atoms with Gasteiger partial charge in [-0.2, -0.15) is 0 Å². The van der Waals surface area contributed by atoms with E-state index in [1.807, 2.05) is 36.1 Å². The molecule has 0 saturated carbocycles. The maximum Gasteiger partial charge on any atom is 0.253 e. The van der Waals surface area contributed by atoms with Crippen LogP contribution in [0.1, 0.15) is 48.0 Å². The molecule has 2 fully saturated rings. The Labute approximate surface area is 170 Å². The van der Waals surface area contributed by atoms with Crippen LogP contribution in [0.15, 0.2) is 30.6 Å². The second-order valence-electron chi connectivity index (χ2n) is 8.14. The highest BCUT2D eigenvalue weighted by molar-refractivity contribution is 5.94. The monoisotopic (exact) mass is 396 g/mol. The molecule has 2 aliphatic rings. The third kappa shape index (κ3) is 4.46. The van der Waals surface area contributed by atoms with Crippen molar-refractivity contribution in [1.82, 2.24) is 30.0 Å². The van der Waals surface area contributed by atoms with Crippen LogP contribution >= 0.6 is 0 Å². The number of likely N-dealkylation sites (tertiary alicyclic amines) is 2. The van der Waals surface area contributed by atoms with Crippen LogP contribution < -0.4 is 0 Å². The van der Waals surface area contributed by atoms with Gasteiger partial charge >= 0.3 is 0 Å². The molecular formula is C21H28N6O2. The van der Waals surface area contributed by atoms with E-state index in [2.05, 4.69) is 20.4 Å². The Morgan fingerprint density at radius 3 is 2.86 bits per heavy atom. The number of nitrogens with zero attached hydrogens (tertiary/aromatic N) is 6. The number of aromatic nitrogens is 4. The molecule has 0 spiro atoms. The van der Waals surface area contributed by atoms with Crippen molar-refractivity contribution in [2.45, 2.75) is 51.6 Å². The summed E-state index contributed by atoms with van der Waals surface area (Å²) in [5.41, 5.74) is 1.85. The lowest BCUT2D eigenvalue weighted by Crippen LogP contribution is -2.48. The first kappa shape index (κ1) is 19.5. The van der Waals surface area contributed by atoms with Crippen LogP contribution in [0.5, 0.6) is 0 Å². The maximum absolute atomic E-state index is 12.9. The molecule has 0 bridgehead atoms. The summed E-state index contributed by atoms with van der Waals surface area (Å²) >= 11 is 0. The minimum atomic E-state index is 0.101. The summed E-state index contributed by atoms with van der Waals surface area (Å²) in [6, 6.07) is 8.00. The van der Waals surface area contributed by atoms with Gasteiger partial charge in [0.25, 0.3) is 5.91 Å². The quantitative estimate of drug-likeness (QED) is 0.771. The van der Waals surface area contributed by atoms with Crippen LogP contribution in [-0.4, -0.2) is 67.5 Å². The van der Waals surface area contributed by atoms with Crippen molar-refractivity contribution in [2.24, 2.45) is 5.92 Å². The maximum atomic E-state index is 12.9. The molecule has 8 nitrogen and oxygen atoms in total. The van der Waals surface area contributed by atoms with Crippen LogP contribution in [0, 0.1) is 12.8 Å². The fraction of sp³-hybridized carbons (Fsp3) is 0.571. The fourth-order valence-electron chi connectivity index (χ4n) is 4.64. The lowest BCUT2D eigenvalue weighted by Gasteiger charge is -2.39. The Balaban J connectivity index is 1.38. The highest BCUT2D eigenvalue weighted by atomic mass is 16.2. The molecule has 2 atom stereocenters. The molecule has 1 aromatic heterocycles. The highest BCUT2D eigenvalue weighted by Crippen LogP contribution is 2.31. The van der Waals surface area contributed by atoms with E-state index in [0.717, 1.165) is 56.4 Å². The predicted octanol–water partition coefficient (Wildman–Crippen LogP) is 1.92. The number of rotatable bonds is 5. The summed E-state index contributed by atoms with van der Waals surface area (Å²) in [7, 11) is 0. The average molecular weight is 396 g/mol. The first-order chi connectivity index (χ1) is 14.1. The number of carbonyl (C=O) groups is 2. The summed E-state index contributed by atoms with van der Waals surface area (Å²) in [5, 5.41) is 11.1. The Bertz CT molecular complexity index is 853. The van der Waals surface area contributed by atoms with Crippen LogP contribution in [0.4, 0.5) is 0 Å². The van der Waals surface area contributed by atoms with Gasteiger partial charge in [0, 0.05) is 37.7 Å². The second-order valence-corrected chi connectivity index (χ2v) is 8.14. The number of carbonyl (C=O) groups excluding carboxylic acids is 2. The molecule has 4 rings (SSSR count). The van der Waals surface area contributed by atoms with Crippen molar-refractivity contribution in [3.8, 4) is 0 Å². The molecule has 3 heterocycles. The fourth-order valence-corrected chi connectivity index (χ4v) is 4.64. The van der Waals surface area contributed by atoms with Gasteiger partial charge in [0.2, 0.25) is 5.91 Å². The standard InChI is InChI=1S/C21H28N6O2/c1-16-5-4-6-17(13-16)21(29)25-11-8-18(14-25)19-7-2-3-10-27(19)20(28)9-12-26-15-22-23-24-26/h4-6,13,15,18-19H,2-3,7-12,14H2,1H3. The first-order valence-corrected chi connectivity index (χ1v) is 10.5. The van der Waals surface area contributed by atoms with Crippen molar-refractivity contribution in [1.29, 1.82) is 0 Å². The molecule has 8 heteroatoms. The molecule has 1 aromatic carbocycles. The van der Waals surface area contributed by atoms with Crippen LogP contribution in [-0.2, 0) is 11.3 Å². The number of tetrazole rings is 1. The zero-order valence-electron chi connectivity index (χ0n) is 16.9. The average Bonchev–Trinajstić information content (AvgIpc) is 3.43. The smallest absolute Gasteiger partial charge is 0.253 e. The van der Waals surface area contributed by atoms with Gasteiger partial charge in [-0.25, -0.2) is 4.68 Å². The van der Waals surface area contributed by atoms with Gasteiger partial charge in [-0.15, -0.1) is 5.10 Å². The number of benzene rings is 1. The topological polar surface area (TPSA) is 84.2 Å². The zero-order chi connectivity index (χ0) is 20.2. The molecule has 2 unspecified atom stereocenters. The van der Waals surface area contributed by atoms with Gasteiger partial charge in [-0.3, -0.25) is 9.59 Å². The second kappa shape index (κ2) is 8.71. The van der Waals surface area contributed by atoms with Gasteiger partial charge in [-0.1, -0.05) is 17.7 Å². The molecule has 2 aromatic rings. The number of piperidine rings is 1. The minimum absolute atomic E-state index is 0.101. The van der Waals surface area contributed by atoms with Crippen LogP contribution in [0.3, 0.4) is 0 Å². The van der Waals surface area contributed by atoms with E-state index in [0.29, 0.717) is 18.9 Å². The largest absolute Gasteiger partial charge is 0.339 e. The van der Waals surface area contributed by atoms with Crippen LogP contribution in [0.25, 0.3) is 0 Å². The van der Waals surface area contributed by atoms with Crippen molar-refractivity contribution >= 4 is 11.8 Å². The normalized spacial score (nSPS) is 22.1. The van der Waals surface area contributed by atoms with Crippen molar-refractivity contribution in [3.05, 3.63) is 41.7 Å². The molecule has 0 aliphatic carbocycles. The van der Waals surface area contributed by atoms with E-state index in [1.54, 1.807) is 4.68 Å². The number of amides is 2. The third-order valence-corrected chi connectivity index (χ3v) is 6.14. The number of aryl methyl sites for hydroxylation is 2. The summed E-state index contributed by atoms with van der Waals surface area (Å²) in [6.45, 7) is 4.80. The molecule has 2 amide bonds. The molecule has 29 heavy (non-hydrogen) atoms. The summed E-state index contributed by atoms with van der Waals surface area (Å²) in [5.74, 6) is 0.610. The number of hydrogen-bond acceptors (Lipinski definition) is 5. The van der Waals surface area contributed by atoms with Crippen LogP contribution in [0.2, 0.25) is 0 Å².